The fourth-order valence-electron chi connectivity index (χ4n) is 2.41. The maximum Gasteiger partial charge on any atom is 0.224 e. The minimum atomic E-state index is -3.92. The average Bonchev–Trinajstić information content (AvgIpc) is 2.54. The van der Waals surface area contributed by atoms with Gasteiger partial charge in [-0.15, -0.1) is 0 Å². The van der Waals surface area contributed by atoms with E-state index in [1.807, 2.05) is 25.1 Å². The van der Waals surface area contributed by atoms with Crippen molar-refractivity contribution in [3.63, 3.8) is 0 Å². The van der Waals surface area contributed by atoms with Crippen LogP contribution in [0.15, 0.2) is 64.4 Å². The second kappa shape index (κ2) is 6.40. The van der Waals surface area contributed by atoms with Crippen molar-refractivity contribution in [1.29, 1.82) is 0 Å². The van der Waals surface area contributed by atoms with Crippen molar-refractivity contribution in [3.05, 3.63) is 60.2 Å². The number of aromatic nitrogens is 2. The highest BCUT2D eigenvalue weighted by molar-refractivity contribution is 7.91. The van der Waals surface area contributed by atoms with Crippen LogP contribution < -0.4 is 16.8 Å². The van der Waals surface area contributed by atoms with Gasteiger partial charge in [0, 0.05) is 5.69 Å². The van der Waals surface area contributed by atoms with Gasteiger partial charge in [0.2, 0.25) is 15.8 Å². The van der Waals surface area contributed by atoms with Gasteiger partial charge >= 0.3 is 0 Å². The molecule has 8 heteroatoms. The number of nitrogens with one attached hydrogen (secondary N) is 1. The molecule has 0 spiro atoms. The standard InChI is InChI=1S/C17H17N5O2S/c1-11-6-5-7-12(10-11)20-16-14(15(18)21-17(19)22-16)25(23,24)13-8-3-2-4-9-13/h2-10H,1H3,(H5,18,19,20,21,22). The van der Waals surface area contributed by atoms with Gasteiger partial charge in [-0.3, -0.25) is 0 Å². The van der Waals surface area contributed by atoms with E-state index >= 15 is 0 Å². The number of sulfone groups is 1. The zero-order valence-electron chi connectivity index (χ0n) is 13.5. The Morgan fingerprint density at radius 3 is 2.36 bits per heavy atom. The summed E-state index contributed by atoms with van der Waals surface area (Å²) in [4.78, 5) is 7.76. The summed E-state index contributed by atoms with van der Waals surface area (Å²) in [5.74, 6) is -0.273. The maximum atomic E-state index is 13.0. The van der Waals surface area contributed by atoms with Gasteiger partial charge in [0.1, 0.15) is 0 Å². The Labute approximate surface area is 145 Å². The van der Waals surface area contributed by atoms with Crippen LogP contribution in [0.25, 0.3) is 0 Å². The van der Waals surface area contributed by atoms with E-state index < -0.39 is 9.84 Å². The van der Waals surface area contributed by atoms with Gasteiger partial charge in [-0.05, 0) is 36.8 Å². The van der Waals surface area contributed by atoms with Gasteiger partial charge in [0.15, 0.2) is 16.5 Å². The summed E-state index contributed by atoms with van der Waals surface area (Å²) in [6.07, 6.45) is 0. The molecule has 3 aromatic rings. The first-order valence-corrected chi connectivity index (χ1v) is 8.93. The fraction of sp³-hybridized carbons (Fsp3) is 0.0588. The van der Waals surface area contributed by atoms with Crippen LogP contribution in [0.4, 0.5) is 23.3 Å². The summed E-state index contributed by atoms with van der Waals surface area (Å²) < 4.78 is 26.0. The molecular formula is C17H17N5O2S. The Morgan fingerprint density at radius 2 is 1.68 bits per heavy atom. The zero-order chi connectivity index (χ0) is 18.0. The molecule has 3 rings (SSSR count). The molecule has 0 aliphatic carbocycles. The van der Waals surface area contributed by atoms with Crippen molar-refractivity contribution in [2.45, 2.75) is 16.7 Å². The van der Waals surface area contributed by atoms with Crippen molar-refractivity contribution in [2.24, 2.45) is 0 Å². The highest BCUT2D eigenvalue weighted by Gasteiger charge is 2.27. The van der Waals surface area contributed by atoms with E-state index in [4.69, 9.17) is 11.5 Å². The summed E-state index contributed by atoms with van der Waals surface area (Å²) in [6, 6.07) is 15.4. The van der Waals surface area contributed by atoms with E-state index in [1.54, 1.807) is 24.3 Å². The molecule has 1 aromatic heterocycles. The third-order valence-corrected chi connectivity index (χ3v) is 5.34. The Hall–Kier alpha value is -3.13. The first-order chi connectivity index (χ1) is 11.9. The molecule has 5 N–H and O–H groups in total. The Morgan fingerprint density at radius 1 is 0.960 bits per heavy atom. The predicted octanol–water partition coefficient (Wildman–Crippen LogP) is 2.53. The van der Waals surface area contributed by atoms with Crippen LogP contribution in [0.1, 0.15) is 5.56 Å². The van der Waals surface area contributed by atoms with Gasteiger partial charge in [0.25, 0.3) is 0 Å². The summed E-state index contributed by atoms with van der Waals surface area (Å²) in [5.41, 5.74) is 13.2. The molecule has 0 aliphatic rings. The van der Waals surface area contributed by atoms with E-state index in [0.29, 0.717) is 5.69 Å². The number of aryl methyl sites for hydroxylation is 1. The average molecular weight is 355 g/mol. The number of hydrogen-bond acceptors (Lipinski definition) is 7. The lowest BCUT2D eigenvalue weighted by molar-refractivity contribution is 0.596. The highest BCUT2D eigenvalue weighted by atomic mass is 32.2. The van der Waals surface area contributed by atoms with Crippen molar-refractivity contribution in [3.8, 4) is 0 Å². The molecule has 2 aromatic carbocycles. The van der Waals surface area contributed by atoms with Crippen LogP contribution in [0.5, 0.6) is 0 Å². The van der Waals surface area contributed by atoms with Crippen molar-refractivity contribution < 1.29 is 8.42 Å². The quantitative estimate of drug-likeness (QED) is 0.657. The minimum Gasteiger partial charge on any atom is -0.382 e. The number of hydrogen-bond donors (Lipinski definition) is 3. The van der Waals surface area contributed by atoms with E-state index in [0.717, 1.165) is 5.56 Å². The van der Waals surface area contributed by atoms with Crippen LogP contribution in [-0.4, -0.2) is 18.4 Å². The molecule has 1 heterocycles. The lowest BCUT2D eigenvalue weighted by Crippen LogP contribution is -2.13. The van der Waals surface area contributed by atoms with Gasteiger partial charge in [-0.1, -0.05) is 30.3 Å². The number of benzene rings is 2. The number of rotatable bonds is 4. The van der Waals surface area contributed by atoms with Gasteiger partial charge < -0.3 is 16.8 Å². The normalized spacial score (nSPS) is 11.2. The van der Waals surface area contributed by atoms with Crippen LogP contribution in [0.3, 0.4) is 0 Å². The third-order valence-electron chi connectivity index (χ3n) is 3.51. The molecule has 128 valence electrons. The molecular weight excluding hydrogens is 338 g/mol. The van der Waals surface area contributed by atoms with Crippen LogP contribution in [0, 0.1) is 6.92 Å². The topological polar surface area (TPSA) is 124 Å². The highest BCUT2D eigenvalue weighted by Crippen LogP contribution is 2.32. The zero-order valence-corrected chi connectivity index (χ0v) is 14.3. The SMILES string of the molecule is Cc1cccc(Nc2nc(N)nc(N)c2S(=O)(=O)c2ccccc2)c1. The van der Waals surface area contributed by atoms with Crippen molar-refractivity contribution in [1.82, 2.24) is 9.97 Å². The number of nitrogen functional groups attached to an aromatic ring is 2. The molecule has 0 aliphatic heterocycles. The second-order valence-electron chi connectivity index (χ2n) is 5.46. The van der Waals surface area contributed by atoms with E-state index in [-0.39, 0.29) is 27.4 Å². The summed E-state index contributed by atoms with van der Waals surface area (Å²) in [7, 11) is -3.92. The van der Waals surface area contributed by atoms with Crippen LogP contribution in [-0.2, 0) is 9.84 Å². The minimum absolute atomic E-state index is 0.0412. The lowest BCUT2D eigenvalue weighted by Gasteiger charge is -2.14. The van der Waals surface area contributed by atoms with Crippen molar-refractivity contribution >= 4 is 33.1 Å². The molecule has 0 unspecified atom stereocenters. The Bertz CT molecular complexity index is 1020. The molecule has 0 radical (unpaired) electrons. The van der Waals surface area contributed by atoms with Crippen LogP contribution in [0.2, 0.25) is 0 Å². The second-order valence-corrected chi connectivity index (χ2v) is 7.34. The molecule has 0 saturated carbocycles. The van der Waals surface area contributed by atoms with E-state index in [9.17, 15) is 8.42 Å². The first kappa shape index (κ1) is 16.7. The fourth-order valence-corrected chi connectivity index (χ4v) is 3.84. The maximum absolute atomic E-state index is 13.0. The number of nitrogens with zero attached hydrogens (tertiary/aromatic N) is 2. The summed E-state index contributed by atoms with van der Waals surface area (Å²) >= 11 is 0. The molecule has 0 amide bonds. The summed E-state index contributed by atoms with van der Waals surface area (Å²) in [6.45, 7) is 1.93. The number of nitrogens with two attached hydrogens (primary N) is 2. The van der Waals surface area contributed by atoms with E-state index in [2.05, 4.69) is 15.3 Å². The van der Waals surface area contributed by atoms with Gasteiger partial charge in [0.05, 0.1) is 4.90 Å². The molecule has 0 fully saturated rings. The lowest BCUT2D eigenvalue weighted by atomic mass is 10.2. The first-order valence-electron chi connectivity index (χ1n) is 7.45. The summed E-state index contributed by atoms with van der Waals surface area (Å²) in [5, 5.41) is 2.98. The Balaban J connectivity index is 2.17. The monoisotopic (exact) mass is 355 g/mol. The smallest absolute Gasteiger partial charge is 0.224 e. The Kier molecular flexibility index (Phi) is 4.28. The predicted molar refractivity (Wildman–Crippen MR) is 97.2 cm³/mol. The van der Waals surface area contributed by atoms with Gasteiger partial charge in [-0.2, -0.15) is 9.97 Å². The largest absolute Gasteiger partial charge is 0.382 e. The third kappa shape index (κ3) is 3.38. The molecule has 0 saturated heterocycles. The molecule has 7 nitrogen and oxygen atoms in total. The molecule has 25 heavy (non-hydrogen) atoms. The number of anilines is 4. The molecule has 0 bridgehead atoms. The van der Waals surface area contributed by atoms with Crippen LogP contribution >= 0.6 is 0 Å². The van der Waals surface area contributed by atoms with Crippen molar-refractivity contribution in [2.75, 3.05) is 16.8 Å². The van der Waals surface area contributed by atoms with E-state index in [1.165, 1.54) is 12.1 Å². The van der Waals surface area contributed by atoms with Gasteiger partial charge in [-0.25, -0.2) is 8.42 Å². The molecule has 0 atom stereocenters.